The Bertz CT molecular complexity index is 466. The maximum Gasteiger partial charge on any atom is 0.243 e. The standard InChI is InChI=1S/C19H35N5O/c1-22(2)18(25)13-20-19(21-17-7-3-4-8-17)24-12-9-16(15-24)14-23-10-5-6-11-23/h16-17H,3-15H2,1-2H3,(H,20,21). The van der Waals surface area contributed by atoms with E-state index in [4.69, 9.17) is 0 Å². The van der Waals surface area contributed by atoms with Crippen LogP contribution in [-0.4, -0.2) is 86.0 Å². The molecule has 3 aliphatic rings. The Morgan fingerprint density at radius 2 is 1.80 bits per heavy atom. The van der Waals surface area contributed by atoms with Gasteiger partial charge in [0, 0.05) is 39.8 Å². The SMILES string of the molecule is CN(C)C(=O)CN=C(NC1CCCC1)N1CCC(CN2CCCC2)C1. The van der Waals surface area contributed by atoms with E-state index in [-0.39, 0.29) is 12.5 Å². The molecule has 1 aliphatic carbocycles. The number of guanidine groups is 1. The number of nitrogens with zero attached hydrogens (tertiary/aromatic N) is 4. The van der Waals surface area contributed by atoms with Gasteiger partial charge in [0.2, 0.25) is 5.91 Å². The molecule has 1 atom stereocenters. The highest BCUT2D eigenvalue weighted by Crippen LogP contribution is 2.22. The van der Waals surface area contributed by atoms with Crippen LogP contribution in [0, 0.1) is 5.92 Å². The van der Waals surface area contributed by atoms with Gasteiger partial charge >= 0.3 is 0 Å². The maximum absolute atomic E-state index is 12.0. The van der Waals surface area contributed by atoms with Crippen LogP contribution in [0.25, 0.3) is 0 Å². The van der Waals surface area contributed by atoms with E-state index in [2.05, 4.69) is 20.1 Å². The fourth-order valence-corrected chi connectivity index (χ4v) is 4.28. The van der Waals surface area contributed by atoms with Crippen molar-refractivity contribution in [2.75, 3.05) is 53.4 Å². The highest BCUT2D eigenvalue weighted by atomic mass is 16.2. The van der Waals surface area contributed by atoms with E-state index in [1.165, 1.54) is 64.6 Å². The number of hydrogen-bond acceptors (Lipinski definition) is 3. The van der Waals surface area contributed by atoms with Crippen LogP contribution >= 0.6 is 0 Å². The minimum absolute atomic E-state index is 0.0681. The molecule has 1 saturated carbocycles. The smallest absolute Gasteiger partial charge is 0.243 e. The van der Waals surface area contributed by atoms with E-state index in [1.54, 1.807) is 19.0 Å². The van der Waals surface area contributed by atoms with E-state index in [1.807, 2.05) is 0 Å². The normalized spacial score (nSPS) is 25.8. The quantitative estimate of drug-likeness (QED) is 0.602. The second-order valence-electron chi connectivity index (χ2n) is 8.16. The van der Waals surface area contributed by atoms with Gasteiger partial charge in [0.1, 0.15) is 6.54 Å². The number of amides is 1. The van der Waals surface area contributed by atoms with Gasteiger partial charge in [-0.15, -0.1) is 0 Å². The first-order valence-electron chi connectivity index (χ1n) is 10.1. The third-order valence-corrected chi connectivity index (χ3v) is 5.85. The molecule has 0 radical (unpaired) electrons. The minimum Gasteiger partial charge on any atom is -0.353 e. The lowest BCUT2D eigenvalue weighted by molar-refractivity contribution is -0.127. The summed E-state index contributed by atoms with van der Waals surface area (Å²) in [5.41, 5.74) is 0. The lowest BCUT2D eigenvalue weighted by Crippen LogP contribution is -2.45. The number of hydrogen-bond donors (Lipinski definition) is 1. The van der Waals surface area contributed by atoms with Crippen LogP contribution in [0.3, 0.4) is 0 Å². The number of likely N-dealkylation sites (tertiary alicyclic amines) is 2. The molecule has 2 heterocycles. The number of rotatable bonds is 5. The Morgan fingerprint density at radius 3 is 2.48 bits per heavy atom. The van der Waals surface area contributed by atoms with Gasteiger partial charge in [-0.05, 0) is 51.1 Å². The number of aliphatic imine (C=N–C) groups is 1. The van der Waals surface area contributed by atoms with Crippen molar-refractivity contribution in [1.82, 2.24) is 20.0 Å². The van der Waals surface area contributed by atoms with Crippen molar-refractivity contribution in [2.24, 2.45) is 10.9 Å². The molecule has 3 rings (SSSR count). The monoisotopic (exact) mass is 349 g/mol. The second-order valence-corrected chi connectivity index (χ2v) is 8.16. The van der Waals surface area contributed by atoms with Crippen LogP contribution < -0.4 is 5.32 Å². The zero-order valence-electron chi connectivity index (χ0n) is 16.0. The minimum atomic E-state index is 0.0681. The zero-order chi connectivity index (χ0) is 17.6. The van der Waals surface area contributed by atoms with E-state index in [0.717, 1.165) is 25.0 Å². The highest BCUT2D eigenvalue weighted by Gasteiger charge is 2.29. The predicted octanol–water partition coefficient (Wildman–Crippen LogP) is 1.38. The average Bonchev–Trinajstić information content (AvgIpc) is 3.34. The van der Waals surface area contributed by atoms with Gasteiger partial charge in [-0.2, -0.15) is 0 Å². The molecule has 6 nitrogen and oxygen atoms in total. The molecule has 1 unspecified atom stereocenters. The number of carbonyl (C=O) groups is 1. The first-order valence-corrected chi connectivity index (χ1v) is 10.1. The van der Waals surface area contributed by atoms with E-state index in [0.29, 0.717) is 6.04 Å². The fraction of sp³-hybridized carbons (Fsp3) is 0.895. The van der Waals surface area contributed by atoms with E-state index >= 15 is 0 Å². The second kappa shape index (κ2) is 8.88. The molecule has 6 heteroatoms. The molecule has 142 valence electrons. The summed E-state index contributed by atoms with van der Waals surface area (Å²) in [7, 11) is 3.59. The van der Waals surface area contributed by atoms with E-state index in [9.17, 15) is 4.79 Å². The van der Waals surface area contributed by atoms with Crippen molar-refractivity contribution in [1.29, 1.82) is 0 Å². The summed E-state index contributed by atoms with van der Waals surface area (Å²) in [5.74, 6) is 1.77. The average molecular weight is 350 g/mol. The van der Waals surface area contributed by atoms with Gasteiger partial charge in [-0.3, -0.25) is 4.79 Å². The van der Waals surface area contributed by atoms with Crippen molar-refractivity contribution in [3.63, 3.8) is 0 Å². The van der Waals surface area contributed by atoms with Crippen LogP contribution in [-0.2, 0) is 4.79 Å². The topological polar surface area (TPSA) is 51.2 Å². The molecular weight excluding hydrogens is 314 g/mol. The van der Waals surface area contributed by atoms with Crippen LogP contribution in [0.1, 0.15) is 44.9 Å². The van der Waals surface area contributed by atoms with Gasteiger partial charge in [-0.25, -0.2) is 4.99 Å². The van der Waals surface area contributed by atoms with Crippen LogP contribution in [0.5, 0.6) is 0 Å². The first-order chi connectivity index (χ1) is 12.1. The molecule has 2 aliphatic heterocycles. The Balaban J connectivity index is 1.57. The molecule has 0 bridgehead atoms. The van der Waals surface area contributed by atoms with Crippen LogP contribution in [0.4, 0.5) is 0 Å². The third kappa shape index (κ3) is 5.33. The first kappa shape index (κ1) is 18.5. The van der Waals surface area contributed by atoms with Crippen LogP contribution in [0.15, 0.2) is 4.99 Å². The molecular formula is C19H35N5O. The maximum atomic E-state index is 12.0. The van der Waals surface area contributed by atoms with Crippen molar-refractivity contribution in [2.45, 2.75) is 51.0 Å². The number of likely N-dealkylation sites (N-methyl/N-ethyl adjacent to an activating group) is 1. The highest BCUT2D eigenvalue weighted by molar-refractivity contribution is 5.85. The molecule has 0 aromatic rings. The summed E-state index contributed by atoms with van der Waals surface area (Å²) in [6.45, 7) is 6.15. The lowest BCUT2D eigenvalue weighted by Gasteiger charge is -2.26. The van der Waals surface area contributed by atoms with Crippen molar-refractivity contribution in [3.05, 3.63) is 0 Å². The number of carbonyl (C=O) groups excluding carboxylic acids is 1. The molecule has 0 aromatic carbocycles. The summed E-state index contributed by atoms with van der Waals surface area (Å²) in [4.78, 5) is 23.3. The summed E-state index contributed by atoms with van der Waals surface area (Å²) >= 11 is 0. The largest absolute Gasteiger partial charge is 0.353 e. The molecule has 3 fully saturated rings. The van der Waals surface area contributed by atoms with Crippen molar-refractivity contribution in [3.8, 4) is 0 Å². The predicted molar refractivity (Wildman–Crippen MR) is 102 cm³/mol. The third-order valence-electron chi connectivity index (χ3n) is 5.85. The number of nitrogens with one attached hydrogen (secondary N) is 1. The fourth-order valence-electron chi connectivity index (χ4n) is 4.28. The molecule has 1 N–H and O–H groups in total. The van der Waals surface area contributed by atoms with Gasteiger partial charge in [0.05, 0.1) is 0 Å². The van der Waals surface area contributed by atoms with Crippen LogP contribution in [0.2, 0.25) is 0 Å². The van der Waals surface area contributed by atoms with E-state index < -0.39 is 0 Å². The van der Waals surface area contributed by atoms with Gasteiger partial charge in [0.15, 0.2) is 5.96 Å². The van der Waals surface area contributed by atoms with Crippen molar-refractivity contribution >= 4 is 11.9 Å². The van der Waals surface area contributed by atoms with Gasteiger partial charge < -0.3 is 20.0 Å². The summed E-state index contributed by atoms with van der Waals surface area (Å²) in [6, 6.07) is 0.533. The Kier molecular flexibility index (Phi) is 6.57. The van der Waals surface area contributed by atoms with Gasteiger partial charge in [0.25, 0.3) is 0 Å². The Labute approximate surface area is 152 Å². The Morgan fingerprint density at radius 1 is 1.08 bits per heavy atom. The lowest BCUT2D eigenvalue weighted by atomic mass is 10.1. The summed E-state index contributed by atoms with van der Waals surface area (Å²) in [5, 5.41) is 3.66. The molecule has 2 saturated heterocycles. The molecule has 0 spiro atoms. The molecule has 1 amide bonds. The zero-order valence-corrected chi connectivity index (χ0v) is 16.0. The Hall–Kier alpha value is -1.30. The summed E-state index contributed by atoms with van der Waals surface area (Å²) in [6.07, 6.45) is 9.03. The summed E-state index contributed by atoms with van der Waals surface area (Å²) < 4.78 is 0. The molecule has 0 aromatic heterocycles. The molecule has 25 heavy (non-hydrogen) atoms. The van der Waals surface area contributed by atoms with Crippen molar-refractivity contribution < 1.29 is 4.79 Å². The van der Waals surface area contributed by atoms with Gasteiger partial charge in [-0.1, -0.05) is 12.8 Å².